The molecule has 1 spiro atoms. The van der Waals surface area contributed by atoms with Crippen molar-refractivity contribution in [1.82, 2.24) is 0 Å². The molecule has 1 aliphatic heterocycles. The normalized spacial score (nSPS) is 25.2. The van der Waals surface area contributed by atoms with Gasteiger partial charge in [-0.1, -0.05) is 6.92 Å². The van der Waals surface area contributed by atoms with Gasteiger partial charge in [-0.05, 0) is 0 Å². The molecule has 1 aromatic carbocycles. The summed E-state index contributed by atoms with van der Waals surface area (Å²) in [6.07, 6.45) is 1.48. The van der Waals surface area contributed by atoms with E-state index in [9.17, 15) is 9.59 Å². The number of allylic oxidation sites excluding steroid dienone is 1. The number of ether oxygens (including phenoxy) is 4. The van der Waals surface area contributed by atoms with E-state index in [1.807, 2.05) is 0 Å². The molecule has 3 rings (SSSR count). The number of nitrogens with two attached hydrogens (primary N) is 1. The van der Waals surface area contributed by atoms with Crippen LogP contribution in [-0.4, -0.2) is 38.5 Å². The van der Waals surface area contributed by atoms with Crippen LogP contribution in [0.5, 0.6) is 17.2 Å². The third-order valence-corrected chi connectivity index (χ3v) is 4.59. The monoisotopic (exact) mass is 333 g/mol. The van der Waals surface area contributed by atoms with Gasteiger partial charge >= 0.3 is 0 Å². The van der Waals surface area contributed by atoms with E-state index in [4.69, 9.17) is 24.7 Å². The summed E-state index contributed by atoms with van der Waals surface area (Å²) >= 11 is 0. The zero-order valence-corrected chi connectivity index (χ0v) is 14.0. The van der Waals surface area contributed by atoms with Crippen LogP contribution < -0.4 is 19.9 Å². The lowest BCUT2D eigenvalue weighted by Crippen LogP contribution is -2.51. The number of methoxy groups -OCH3 is 3. The number of rotatable bonds is 3. The summed E-state index contributed by atoms with van der Waals surface area (Å²) in [6.45, 7) is 1.77. The van der Waals surface area contributed by atoms with E-state index in [1.54, 1.807) is 13.0 Å². The molecular formula is C17H19NO6. The molecule has 24 heavy (non-hydrogen) atoms. The molecule has 0 fully saturated rings. The summed E-state index contributed by atoms with van der Waals surface area (Å²) in [5, 5.41) is 0. The van der Waals surface area contributed by atoms with Gasteiger partial charge < -0.3 is 24.7 Å². The first-order valence-corrected chi connectivity index (χ1v) is 7.47. The number of hydrogen-bond acceptors (Lipinski definition) is 7. The molecule has 0 bridgehead atoms. The summed E-state index contributed by atoms with van der Waals surface area (Å²) in [5.41, 5.74) is 5.12. The Bertz CT molecular complexity index is 769. The Morgan fingerprint density at radius 3 is 2.42 bits per heavy atom. The lowest BCUT2D eigenvalue weighted by atomic mass is 9.75. The van der Waals surface area contributed by atoms with Crippen LogP contribution in [0.2, 0.25) is 0 Å². The van der Waals surface area contributed by atoms with Crippen molar-refractivity contribution in [1.29, 1.82) is 0 Å². The molecule has 0 amide bonds. The summed E-state index contributed by atoms with van der Waals surface area (Å²) in [5.74, 6) is 0.148. The first kappa shape index (κ1) is 16.2. The molecule has 2 atom stereocenters. The molecule has 0 saturated heterocycles. The van der Waals surface area contributed by atoms with Gasteiger partial charge in [-0.15, -0.1) is 0 Å². The largest absolute Gasteiger partial charge is 0.496 e. The lowest BCUT2D eigenvalue weighted by Gasteiger charge is -2.36. The van der Waals surface area contributed by atoms with Gasteiger partial charge in [0.25, 0.3) is 0 Å². The van der Waals surface area contributed by atoms with Gasteiger partial charge in [0, 0.05) is 24.5 Å². The Labute approximate surface area is 139 Å². The highest BCUT2D eigenvalue weighted by molar-refractivity contribution is 6.14. The maximum atomic E-state index is 13.3. The molecule has 7 heteroatoms. The molecule has 128 valence electrons. The molecule has 0 radical (unpaired) electrons. The Morgan fingerprint density at radius 1 is 1.17 bits per heavy atom. The number of nitrogen functional groups attached to an aromatic ring is 1. The second-order valence-electron chi connectivity index (χ2n) is 5.85. The van der Waals surface area contributed by atoms with Crippen LogP contribution in [0.4, 0.5) is 5.69 Å². The Morgan fingerprint density at radius 2 is 1.83 bits per heavy atom. The van der Waals surface area contributed by atoms with Crippen molar-refractivity contribution in [3.8, 4) is 17.2 Å². The number of hydrogen-bond donors (Lipinski definition) is 1. The van der Waals surface area contributed by atoms with Gasteiger partial charge in [0.1, 0.15) is 22.7 Å². The SMILES string of the molecule is COC1=CC(=O)C[C@@H](C)[C@]12Oc1c(N)c(OC)cc(OC)c1C2=O. The number of anilines is 1. The van der Waals surface area contributed by atoms with E-state index in [0.717, 1.165) is 0 Å². The standard InChI is InChI=1S/C17H19NO6/c1-8-5-9(19)6-12(23-4)17(8)16(20)13-10(21-2)7-11(22-3)14(18)15(13)24-17/h6-8H,5,18H2,1-4H3/t8-,17+/m1/s1. The van der Waals surface area contributed by atoms with Crippen LogP contribution in [0.1, 0.15) is 23.7 Å². The van der Waals surface area contributed by atoms with Crippen LogP contribution in [0.15, 0.2) is 17.9 Å². The quantitative estimate of drug-likeness (QED) is 0.841. The second kappa shape index (κ2) is 5.43. The van der Waals surface area contributed by atoms with E-state index in [1.165, 1.54) is 27.4 Å². The van der Waals surface area contributed by atoms with E-state index in [-0.39, 0.29) is 40.7 Å². The third kappa shape index (κ3) is 1.90. The average Bonchev–Trinajstić information content (AvgIpc) is 2.87. The molecular weight excluding hydrogens is 314 g/mol. The Hall–Kier alpha value is -2.70. The van der Waals surface area contributed by atoms with Crippen LogP contribution in [0.3, 0.4) is 0 Å². The minimum atomic E-state index is -1.42. The summed E-state index contributed by atoms with van der Waals surface area (Å²) in [4.78, 5) is 25.1. The number of carbonyl (C=O) groups excluding carboxylic acids is 2. The van der Waals surface area contributed by atoms with Crippen molar-refractivity contribution in [2.75, 3.05) is 27.1 Å². The van der Waals surface area contributed by atoms with E-state index in [2.05, 4.69) is 0 Å². The highest BCUT2D eigenvalue weighted by Crippen LogP contribution is 2.53. The smallest absolute Gasteiger partial charge is 0.231 e. The lowest BCUT2D eigenvalue weighted by molar-refractivity contribution is -0.118. The molecule has 1 heterocycles. The van der Waals surface area contributed by atoms with Gasteiger partial charge in [0.05, 0.1) is 21.3 Å². The Kier molecular flexibility index (Phi) is 3.66. The van der Waals surface area contributed by atoms with Crippen molar-refractivity contribution >= 4 is 17.3 Å². The molecule has 7 nitrogen and oxygen atoms in total. The highest BCUT2D eigenvalue weighted by Gasteiger charge is 2.59. The highest BCUT2D eigenvalue weighted by atomic mass is 16.6. The van der Waals surface area contributed by atoms with Gasteiger partial charge in [-0.2, -0.15) is 0 Å². The fourth-order valence-corrected chi connectivity index (χ4v) is 3.37. The van der Waals surface area contributed by atoms with Crippen molar-refractivity contribution in [3.05, 3.63) is 23.5 Å². The van der Waals surface area contributed by atoms with Crippen molar-refractivity contribution < 1.29 is 28.5 Å². The zero-order chi connectivity index (χ0) is 17.6. The fraction of sp³-hybridized carbons (Fsp3) is 0.412. The van der Waals surface area contributed by atoms with E-state index >= 15 is 0 Å². The number of fused-ring (bicyclic) bond motifs is 1. The first-order valence-electron chi connectivity index (χ1n) is 7.47. The number of ketones is 2. The van der Waals surface area contributed by atoms with E-state index < -0.39 is 11.5 Å². The maximum absolute atomic E-state index is 13.3. The van der Waals surface area contributed by atoms with Crippen LogP contribution in [0, 0.1) is 5.92 Å². The van der Waals surface area contributed by atoms with Crippen molar-refractivity contribution in [2.45, 2.75) is 18.9 Å². The van der Waals surface area contributed by atoms with Gasteiger partial charge in [-0.3, -0.25) is 9.59 Å². The molecule has 1 aromatic rings. The minimum absolute atomic E-state index is 0.116. The van der Waals surface area contributed by atoms with Crippen LogP contribution in [-0.2, 0) is 9.53 Å². The first-order chi connectivity index (χ1) is 11.4. The molecule has 1 aliphatic carbocycles. The summed E-state index contributed by atoms with van der Waals surface area (Å²) in [7, 11) is 4.32. The van der Waals surface area contributed by atoms with Crippen LogP contribution in [0.25, 0.3) is 0 Å². The minimum Gasteiger partial charge on any atom is -0.496 e. The maximum Gasteiger partial charge on any atom is 0.231 e. The molecule has 2 N–H and O–H groups in total. The molecule has 2 aliphatic rings. The van der Waals surface area contributed by atoms with Crippen LogP contribution >= 0.6 is 0 Å². The van der Waals surface area contributed by atoms with Crippen molar-refractivity contribution in [2.24, 2.45) is 5.92 Å². The fourth-order valence-electron chi connectivity index (χ4n) is 3.37. The summed E-state index contributed by atoms with van der Waals surface area (Å²) in [6, 6.07) is 1.54. The molecule has 0 saturated carbocycles. The number of Topliss-reactive ketones (excluding diaryl/α,β-unsaturated/α-hetero) is 1. The van der Waals surface area contributed by atoms with Gasteiger partial charge in [0.2, 0.25) is 11.4 Å². The predicted molar refractivity (Wildman–Crippen MR) is 85.5 cm³/mol. The van der Waals surface area contributed by atoms with E-state index in [0.29, 0.717) is 11.5 Å². The number of benzene rings is 1. The second-order valence-corrected chi connectivity index (χ2v) is 5.85. The van der Waals surface area contributed by atoms with Gasteiger partial charge in [0.15, 0.2) is 17.3 Å². The average molecular weight is 333 g/mol. The molecule has 0 unspecified atom stereocenters. The topological polar surface area (TPSA) is 97.1 Å². The Balaban J connectivity index is 2.26. The zero-order valence-electron chi connectivity index (χ0n) is 14.0. The predicted octanol–water partition coefficient (Wildman–Crippen LogP) is 1.74. The third-order valence-electron chi connectivity index (χ3n) is 4.59. The summed E-state index contributed by atoms with van der Waals surface area (Å²) < 4.78 is 21.9. The number of carbonyl (C=O) groups is 2. The van der Waals surface area contributed by atoms with Gasteiger partial charge in [-0.25, -0.2) is 0 Å². The van der Waals surface area contributed by atoms with Crippen molar-refractivity contribution in [3.63, 3.8) is 0 Å². The molecule has 0 aromatic heterocycles.